The second-order valence-corrected chi connectivity index (χ2v) is 6.55. The number of hydrogen-bond donors (Lipinski definition) is 1. The second-order valence-electron chi connectivity index (χ2n) is 6.55. The molecule has 0 aliphatic heterocycles. The molecule has 1 amide bonds. The minimum atomic E-state index is -0.0807. The Hall–Kier alpha value is -2.03. The number of rotatable bonds is 2. The summed E-state index contributed by atoms with van der Waals surface area (Å²) in [4.78, 5) is 14.6. The van der Waals surface area contributed by atoms with E-state index in [9.17, 15) is 9.90 Å². The molecule has 1 aliphatic rings. The number of amides is 1. The lowest BCUT2D eigenvalue weighted by Gasteiger charge is -2.33. The Balaban J connectivity index is 1.86. The third-order valence-electron chi connectivity index (χ3n) is 4.95. The van der Waals surface area contributed by atoms with E-state index in [2.05, 4.69) is 6.92 Å². The highest BCUT2D eigenvalue weighted by Crippen LogP contribution is 2.30. The molecule has 22 heavy (non-hydrogen) atoms. The van der Waals surface area contributed by atoms with E-state index in [1.54, 1.807) is 12.1 Å². The van der Waals surface area contributed by atoms with E-state index < -0.39 is 0 Å². The molecule has 1 aliphatic carbocycles. The third kappa shape index (κ3) is 2.80. The highest BCUT2D eigenvalue weighted by atomic mass is 16.3. The number of carbonyl (C=O) groups is 1. The van der Waals surface area contributed by atoms with Crippen LogP contribution in [0.3, 0.4) is 0 Å². The molecule has 0 heterocycles. The van der Waals surface area contributed by atoms with Gasteiger partial charge in [-0.05, 0) is 54.5 Å². The molecule has 0 atom stereocenters. The molecular weight excluding hydrogens is 274 g/mol. The second kappa shape index (κ2) is 5.99. The standard InChI is InChI=1S/C19H23NO2/c1-13-7-9-16(10-8-13)20(2)19(22)17-11-14-5-3-4-6-15(14)12-18(17)21/h3-6,11-13,16,21H,7-10H2,1-2H3. The zero-order valence-corrected chi connectivity index (χ0v) is 13.2. The maximum absolute atomic E-state index is 12.8. The Labute approximate surface area is 131 Å². The quantitative estimate of drug-likeness (QED) is 0.902. The van der Waals surface area contributed by atoms with Gasteiger partial charge in [0, 0.05) is 13.1 Å². The summed E-state index contributed by atoms with van der Waals surface area (Å²) in [6, 6.07) is 11.5. The van der Waals surface area contributed by atoms with Crippen molar-refractivity contribution in [1.82, 2.24) is 4.90 Å². The molecule has 1 fully saturated rings. The maximum Gasteiger partial charge on any atom is 0.257 e. The molecule has 0 radical (unpaired) electrons. The Morgan fingerprint density at radius 3 is 2.32 bits per heavy atom. The smallest absolute Gasteiger partial charge is 0.257 e. The Morgan fingerprint density at radius 2 is 1.68 bits per heavy atom. The minimum absolute atomic E-state index is 0.0692. The molecule has 3 nitrogen and oxygen atoms in total. The van der Waals surface area contributed by atoms with Crippen LogP contribution in [0.15, 0.2) is 36.4 Å². The average Bonchev–Trinajstić information content (AvgIpc) is 2.53. The Bertz CT molecular complexity index is 687. The summed E-state index contributed by atoms with van der Waals surface area (Å²) < 4.78 is 0. The molecule has 3 rings (SSSR count). The largest absolute Gasteiger partial charge is 0.507 e. The molecule has 0 unspecified atom stereocenters. The predicted molar refractivity (Wildman–Crippen MR) is 89.1 cm³/mol. The lowest BCUT2D eigenvalue weighted by molar-refractivity contribution is 0.0676. The molecule has 0 aromatic heterocycles. The minimum Gasteiger partial charge on any atom is -0.507 e. The molecule has 1 N–H and O–H groups in total. The van der Waals surface area contributed by atoms with Crippen LogP contribution in [0.25, 0.3) is 10.8 Å². The molecule has 0 saturated heterocycles. The Morgan fingerprint density at radius 1 is 1.09 bits per heavy atom. The zero-order valence-electron chi connectivity index (χ0n) is 13.2. The van der Waals surface area contributed by atoms with Gasteiger partial charge in [0.05, 0.1) is 5.56 Å². The van der Waals surface area contributed by atoms with Gasteiger partial charge in [-0.2, -0.15) is 0 Å². The van der Waals surface area contributed by atoms with Crippen molar-refractivity contribution in [2.24, 2.45) is 5.92 Å². The van der Waals surface area contributed by atoms with Gasteiger partial charge in [0.2, 0.25) is 0 Å². The molecule has 1 saturated carbocycles. The van der Waals surface area contributed by atoms with E-state index in [1.807, 2.05) is 36.2 Å². The van der Waals surface area contributed by atoms with Gasteiger partial charge >= 0.3 is 0 Å². The summed E-state index contributed by atoms with van der Waals surface area (Å²) in [5, 5.41) is 12.2. The summed E-state index contributed by atoms with van der Waals surface area (Å²) in [5.41, 5.74) is 0.403. The highest BCUT2D eigenvalue weighted by Gasteiger charge is 2.26. The van der Waals surface area contributed by atoms with Gasteiger partial charge in [-0.15, -0.1) is 0 Å². The van der Waals surface area contributed by atoms with E-state index in [0.29, 0.717) is 5.56 Å². The summed E-state index contributed by atoms with van der Waals surface area (Å²) in [7, 11) is 1.86. The molecule has 3 heteroatoms. The van der Waals surface area contributed by atoms with Crippen molar-refractivity contribution in [2.45, 2.75) is 38.6 Å². The van der Waals surface area contributed by atoms with Gasteiger partial charge in [-0.3, -0.25) is 4.79 Å². The predicted octanol–water partition coefficient (Wildman–Crippen LogP) is 4.20. The van der Waals surface area contributed by atoms with Crippen LogP contribution in [0.1, 0.15) is 43.0 Å². The summed E-state index contributed by atoms with van der Waals surface area (Å²) in [6.45, 7) is 2.27. The van der Waals surface area contributed by atoms with Crippen molar-refractivity contribution in [3.05, 3.63) is 42.0 Å². The molecule has 0 spiro atoms. The summed E-state index contributed by atoms with van der Waals surface area (Å²) in [6.07, 6.45) is 4.45. The van der Waals surface area contributed by atoms with Crippen molar-refractivity contribution >= 4 is 16.7 Å². The summed E-state index contributed by atoms with van der Waals surface area (Å²) in [5.74, 6) is 0.747. The van der Waals surface area contributed by atoms with E-state index >= 15 is 0 Å². The number of nitrogens with zero attached hydrogens (tertiary/aromatic N) is 1. The normalized spacial score (nSPS) is 21.7. The molecule has 0 bridgehead atoms. The SMILES string of the molecule is CC1CCC(N(C)C(=O)c2cc3ccccc3cc2O)CC1. The van der Waals surface area contributed by atoms with E-state index in [-0.39, 0.29) is 17.7 Å². The van der Waals surface area contributed by atoms with Crippen molar-refractivity contribution in [3.8, 4) is 5.75 Å². The van der Waals surface area contributed by atoms with Crippen LogP contribution >= 0.6 is 0 Å². The van der Waals surface area contributed by atoms with Crippen molar-refractivity contribution in [1.29, 1.82) is 0 Å². The first kappa shape index (κ1) is 14.9. The maximum atomic E-state index is 12.8. The van der Waals surface area contributed by atoms with Crippen molar-refractivity contribution < 1.29 is 9.90 Å². The molecule has 116 valence electrons. The number of hydrogen-bond acceptors (Lipinski definition) is 2. The number of phenols is 1. The van der Waals surface area contributed by atoms with Crippen LogP contribution in [0.4, 0.5) is 0 Å². The van der Waals surface area contributed by atoms with Crippen LogP contribution < -0.4 is 0 Å². The molecule has 2 aromatic carbocycles. The van der Waals surface area contributed by atoms with Gasteiger partial charge in [-0.25, -0.2) is 0 Å². The first-order chi connectivity index (χ1) is 10.6. The third-order valence-corrected chi connectivity index (χ3v) is 4.95. The van der Waals surface area contributed by atoms with Crippen molar-refractivity contribution in [2.75, 3.05) is 7.05 Å². The van der Waals surface area contributed by atoms with Crippen LogP contribution in [0.2, 0.25) is 0 Å². The van der Waals surface area contributed by atoms with Gasteiger partial charge in [-0.1, -0.05) is 31.2 Å². The average molecular weight is 297 g/mol. The molecular formula is C19H23NO2. The number of fused-ring (bicyclic) bond motifs is 1. The van der Waals surface area contributed by atoms with Gasteiger partial charge < -0.3 is 10.0 Å². The number of aromatic hydroxyl groups is 1. The van der Waals surface area contributed by atoms with Gasteiger partial charge in [0.25, 0.3) is 5.91 Å². The first-order valence-corrected chi connectivity index (χ1v) is 8.05. The van der Waals surface area contributed by atoms with E-state index in [4.69, 9.17) is 0 Å². The van der Waals surface area contributed by atoms with Crippen LogP contribution in [-0.4, -0.2) is 29.0 Å². The highest BCUT2D eigenvalue weighted by molar-refractivity contribution is 6.01. The fourth-order valence-corrected chi connectivity index (χ4v) is 3.39. The van der Waals surface area contributed by atoms with Gasteiger partial charge in [0.15, 0.2) is 0 Å². The van der Waals surface area contributed by atoms with E-state index in [1.165, 1.54) is 12.8 Å². The van der Waals surface area contributed by atoms with Gasteiger partial charge in [0.1, 0.15) is 5.75 Å². The molecule has 2 aromatic rings. The van der Waals surface area contributed by atoms with Crippen LogP contribution in [0.5, 0.6) is 5.75 Å². The van der Waals surface area contributed by atoms with E-state index in [0.717, 1.165) is 29.5 Å². The monoisotopic (exact) mass is 297 g/mol. The zero-order chi connectivity index (χ0) is 15.7. The lowest BCUT2D eigenvalue weighted by Crippen LogP contribution is -2.39. The fourth-order valence-electron chi connectivity index (χ4n) is 3.39. The van der Waals surface area contributed by atoms with Crippen LogP contribution in [-0.2, 0) is 0 Å². The fraction of sp³-hybridized carbons (Fsp3) is 0.421. The lowest BCUT2D eigenvalue weighted by atomic mass is 9.86. The first-order valence-electron chi connectivity index (χ1n) is 8.05. The van der Waals surface area contributed by atoms with Crippen molar-refractivity contribution in [3.63, 3.8) is 0 Å². The summed E-state index contributed by atoms with van der Waals surface area (Å²) >= 11 is 0. The number of carbonyl (C=O) groups excluding carboxylic acids is 1. The number of phenolic OH excluding ortho intramolecular Hbond substituents is 1. The number of benzene rings is 2. The topological polar surface area (TPSA) is 40.5 Å². The Kier molecular flexibility index (Phi) is 4.06. The van der Waals surface area contributed by atoms with Crippen LogP contribution in [0, 0.1) is 5.92 Å².